The summed E-state index contributed by atoms with van der Waals surface area (Å²) in [5.41, 5.74) is 8.33. The number of aromatic nitrogens is 2. The van der Waals surface area contributed by atoms with E-state index in [1.807, 2.05) is 0 Å². The van der Waals surface area contributed by atoms with Crippen LogP contribution in [0.4, 0.5) is 0 Å². The highest BCUT2D eigenvalue weighted by atomic mass is 15.2. The molecule has 1 aliphatic carbocycles. The summed E-state index contributed by atoms with van der Waals surface area (Å²) in [6.45, 7) is 7.19. The van der Waals surface area contributed by atoms with Gasteiger partial charge in [-0.1, -0.05) is 38.1 Å². The maximum Gasteiger partial charge on any atom is 0.0931 e. The third-order valence-electron chi connectivity index (χ3n) is 6.83. The molecule has 0 atom stereocenters. The van der Waals surface area contributed by atoms with Crippen LogP contribution in [0.2, 0.25) is 0 Å². The van der Waals surface area contributed by atoms with Gasteiger partial charge in [0.15, 0.2) is 0 Å². The second-order valence-corrected chi connectivity index (χ2v) is 9.23. The lowest BCUT2D eigenvalue weighted by atomic mass is 9.75. The number of fused-ring (bicyclic) bond motifs is 2. The summed E-state index contributed by atoms with van der Waals surface area (Å²) in [6, 6.07) is 14.4. The lowest BCUT2D eigenvalue weighted by Crippen LogP contribution is -2.42. The molecule has 27 heavy (non-hydrogen) atoms. The smallest absolute Gasteiger partial charge is 0.0931 e. The van der Waals surface area contributed by atoms with Crippen LogP contribution < -0.4 is 0 Å². The van der Waals surface area contributed by atoms with Crippen LogP contribution in [-0.4, -0.2) is 27.5 Å². The van der Waals surface area contributed by atoms with Gasteiger partial charge in [-0.15, -0.1) is 0 Å². The van der Waals surface area contributed by atoms with Crippen molar-refractivity contribution in [2.75, 3.05) is 6.54 Å². The van der Waals surface area contributed by atoms with Crippen molar-refractivity contribution < 1.29 is 0 Å². The topological polar surface area (TPSA) is 31.9 Å². The fraction of sp³-hybridized carbons (Fsp3) is 0.458. The van der Waals surface area contributed by atoms with E-state index in [0.717, 1.165) is 23.6 Å². The van der Waals surface area contributed by atoms with Gasteiger partial charge in [-0.25, -0.2) is 4.98 Å². The Morgan fingerprint density at radius 2 is 1.78 bits per heavy atom. The Labute approximate surface area is 161 Å². The fourth-order valence-electron chi connectivity index (χ4n) is 4.93. The summed E-state index contributed by atoms with van der Waals surface area (Å²) in [5, 5.41) is 0. The first-order valence-corrected chi connectivity index (χ1v) is 10.4. The Balaban J connectivity index is 1.35. The zero-order valence-electron chi connectivity index (χ0n) is 16.5. The van der Waals surface area contributed by atoms with E-state index in [9.17, 15) is 0 Å². The van der Waals surface area contributed by atoms with Crippen LogP contribution in [0.25, 0.3) is 22.2 Å². The quantitative estimate of drug-likeness (QED) is 0.650. The summed E-state index contributed by atoms with van der Waals surface area (Å²) in [6.07, 6.45) is 8.42. The lowest BCUT2D eigenvalue weighted by molar-refractivity contribution is 0.0966. The Kier molecular flexibility index (Phi) is 4.08. The number of nitrogens with one attached hydrogen (secondary N) is 1. The van der Waals surface area contributed by atoms with E-state index >= 15 is 0 Å². The minimum absolute atomic E-state index is 0.550. The standard InChI is InChI=1S/C24H29N3/c1-24(2)10-7-21(8-11-24)27-12-9-19-13-17(3-4-20(19)15-27)18-5-6-22-23(14-18)26-16-25-22/h3-6,13-14,16,21H,7-12,15H2,1-2H3,(H,25,26). The van der Waals surface area contributed by atoms with Gasteiger partial charge in [-0.2, -0.15) is 0 Å². The second kappa shape index (κ2) is 6.49. The molecule has 2 heterocycles. The highest BCUT2D eigenvalue weighted by Gasteiger charge is 2.31. The Bertz CT molecular complexity index is 959. The Morgan fingerprint density at radius 1 is 1.00 bits per heavy atom. The van der Waals surface area contributed by atoms with Gasteiger partial charge >= 0.3 is 0 Å². The minimum atomic E-state index is 0.550. The molecular weight excluding hydrogens is 330 g/mol. The number of aromatic amines is 1. The highest BCUT2D eigenvalue weighted by molar-refractivity contribution is 5.81. The average Bonchev–Trinajstić information content (AvgIpc) is 3.15. The van der Waals surface area contributed by atoms with E-state index in [4.69, 9.17) is 0 Å². The van der Waals surface area contributed by atoms with Gasteiger partial charge in [0.1, 0.15) is 0 Å². The number of benzene rings is 2. The van der Waals surface area contributed by atoms with Gasteiger partial charge in [0, 0.05) is 19.1 Å². The molecule has 3 heteroatoms. The van der Waals surface area contributed by atoms with Crippen LogP contribution in [-0.2, 0) is 13.0 Å². The zero-order valence-corrected chi connectivity index (χ0v) is 16.5. The van der Waals surface area contributed by atoms with E-state index in [2.05, 4.69) is 65.1 Å². The van der Waals surface area contributed by atoms with Crippen molar-refractivity contribution in [2.45, 2.75) is 58.5 Å². The van der Waals surface area contributed by atoms with E-state index in [0.29, 0.717) is 5.41 Å². The van der Waals surface area contributed by atoms with E-state index in [-0.39, 0.29) is 0 Å². The number of H-pyrrole nitrogens is 1. The van der Waals surface area contributed by atoms with Crippen LogP contribution in [0, 0.1) is 5.41 Å². The number of imidazole rings is 1. The minimum Gasteiger partial charge on any atom is -0.345 e. The SMILES string of the molecule is CC1(C)CCC(N2CCc3cc(-c4ccc5nc[nH]c5c4)ccc3C2)CC1. The molecule has 0 amide bonds. The fourth-order valence-corrected chi connectivity index (χ4v) is 4.93. The lowest BCUT2D eigenvalue weighted by Gasteiger charge is -2.42. The van der Waals surface area contributed by atoms with Crippen LogP contribution in [0.3, 0.4) is 0 Å². The average molecular weight is 360 g/mol. The van der Waals surface area contributed by atoms with Gasteiger partial charge in [0.25, 0.3) is 0 Å². The molecule has 5 rings (SSSR count). The number of nitrogens with zero attached hydrogens (tertiary/aromatic N) is 2. The monoisotopic (exact) mass is 359 g/mol. The normalized spacial score (nSPS) is 20.7. The van der Waals surface area contributed by atoms with Gasteiger partial charge in [-0.05, 0) is 71.9 Å². The van der Waals surface area contributed by atoms with E-state index in [1.54, 1.807) is 6.33 Å². The molecule has 0 saturated heterocycles. The molecule has 2 aliphatic rings. The highest BCUT2D eigenvalue weighted by Crippen LogP contribution is 2.38. The molecule has 3 aromatic rings. The third kappa shape index (κ3) is 3.29. The molecule has 0 spiro atoms. The summed E-state index contributed by atoms with van der Waals surface area (Å²) >= 11 is 0. The van der Waals surface area contributed by atoms with Crippen molar-refractivity contribution in [1.82, 2.24) is 14.9 Å². The van der Waals surface area contributed by atoms with Crippen molar-refractivity contribution in [3.05, 3.63) is 53.9 Å². The molecule has 1 aliphatic heterocycles. The molecule has 3 nitrogen and oxygen atoms in total. The van der Waals surface area contributed by atoms with Crippen molar-refractivity contribution in [1.29, 1.82) is 0 Å². The van der Waals surface area contributed by atoms with Crippen LogP contribution in [0.15, 0.2) is 42.7 Å². The third-order valence-corrected chi connectivity index (χ3v) is 6.83. The summed E-state index contributed by atoms with van der Waals surface area (Å²) in [7, 11) is 0. The maximum absolute atomic E-state index is 4.32. The van der Waals surface area contributed by atoms with Crippen molar-refractivity contribution in [2.24, 2.45) is 5.41 Å². The molecule has 1 saturated carbocycles. The number of rotatable bonds is 2. The molecule has 1 N–H and O–H groups in total. The van der Waals surface area contributed by atoms with Crippen molar-refractivity contribution in [3.8, 4) is 11.1 Å². The van der Waals surface area contributed by atoms with Crippen LogP contribution >= 0.6 is 0 Å². The molecule has 0 unspecified atom stereocenters. The van der Waals surface area contributed by atoms with E-state index in [1.165, 1.54) is 60.9 Å². The zero-order chi connectivity index (χ0) is 18.4. The van der Waals surface area contributed by atoms with Crippen molar-refractivity contribution in [3.63, 3.8) is 0 Å². The van der Waals surface area contributed by atoms with Crippen LogP contribution in [0.1, 0.15) is 50.7 Å². The first-order valence-electron chi connectivity index (χ1n) is 10.4. The summed E-state index contributed by atoms with van der Waals surface area (Å²) in [4.78, 5) is 10.3. The van der Waals surface area contributed by atoms with Gasteiger partial charge in [0.2, 0.25) is 0 Å². The predicted octanol–water partition coefficient (Wildman–Crippen LogP) is 5.56. The molecule has 140 valence electrons. The van der Waals surface area contributed by atoms with Gasteiger partial charge in [-0.3, -0.25) is 4.90 Å². The maximum atomic E-state index is 4.32. The van der Waals surface area contributed by atoms with Crippen molar-refractivity contribution >= 4 is 11.0 Å². The molecule has 1 aromatic heterocycles. The number of hydrogen-bond donors (Lipinski definition) is 1. The summed E-state index contributed by atoms with van der Waals surface area (Å²) < 4.78 is 0. The predicted molar refractivity (Wildman–Crippen MR) is 112 cm³/mol. The largest absolute Gasteiger partial charge is 0.345 e. The van der Waals surface area contributed by atoms with Crippen LogP contribution in [0.5, 0.6) is 0 Å². The first-order chi connectivity index (χ1) is 13.1. The van der Waals surface area contributed by atoms with Gasteiger partial charge < -0.3 is 4.98 Å². The Hall–Kier alpha value is -2.13. The molecule has 0 bridgehead atoms. The molecule has 1 fully saturated rings. The van der Waals surface area contributed by atoms with Gasteiger partial charge in [0.05, 0.1) is 17.4 Å². The molecule has 2 aromatic carbocycles. The second-order valence-electron chi connectivity index (χ2n) is 9.23. The van der Waals surface area contributed by atoms with E-state index < -0.39 is 0 Å². The Morgan fingerprint density at radius 3 is 2.63 bits per heavy atom. The summed E-state index contributed by atoms with van der Waals surface area (Å²) in [5.74, 6) is 0. The number of hydrogen-bond acceptors (Lipinski definition) is 2. The molecular formula is C24H29N3. The molecule has 0 radical (unpaired) electrons. The first kappa shape index (κ1) is 17.0.